The number of piperidine rings is 1. The molecule has 198 valence electrons. The van der Waals surface area contributed by atoms with Crippen molar-refractivity contribution in [1.82, 2.24) is 9.97 Å². The summed E-state index contributed by atoms with van der Waals surface area (Å²) in [5.74, 6) is 2.77. The number of aromatic amines is 1. The second kappa shape index (κ2) is 8.41. The largest absolute Gasteiger partial charge is 0.369 e. The Hall–Kier alpha value is -2.18. The first kappa shape index (κ1) is 25.1. The predicted molar refractivity (Wildman–Crippen MR) is 145 cm³/mol. The van der Waals surface area contributed by atoms with E-state index in [0.29, 0.717) is 52.6 Å². The molecule has 4 aliphatic rings. The van der Waals surface area contributed by atoms with Gasteiger partial charge in [-0.05, 0) is 92.4 Å². The summed E-state index contributed by atoms with van der Waals surface area (Å²) in [5, 5.41) is 0.689. The van der Waals surface area contributed by atoms with E-state index < -0.39 is 0 Å². The van der Waals surface area contributed by atoms with Gasteiger partial charge in [0.05, 0.1) is 37.5 Å². The van der Waals surface area contributed by atoms with Gasteiger partial charge in [-0.1, -0.05) is 25.4 Å². The Morgan fingerprint density at radius 3 is 2.76 bits per heavy atom. The van der Waals surface area contributed by atoms with Gasteiger partial charge in [0.2, 0.25) is 5.91 Å². The van der Waals surface area contributed by atoms with Crippen molar-refractivity contribution in [2.45, 2.75) is 72.1 Å². The van der Waals surface area contributed by atoms with Gasteiger partial charge < -0.3 is 10.7 Å². The number of likely N-dealkylation sites (N-methyl/N-ethyl adjacent to an activating group) is 1. The topological polar surface area (TPSA) is 88.8 Å². The van der Waals surface area contributed by atoms with Crippen LogP contribution in [0.15, 0.2) is 29.5 Å². The van der Waals surface area contributed by atoms with Gasteiger partial charge in [-0.3, -0.25) is 4.79 Å². The molecule has 2 amide bonds. The van der Waals surface area contributed by atoms with Crippen LogP contribution in [-0.4, -0.2) is 39.9 Å². The van der Waals surface area contributed by atoms with Crippen molar-refractivity contribution in [3.05, 3.63) is 40.3 Å². The number of nitrogens with zero attached hydrogens (tertiary/aromatic N) is 2. The molecule has 6 rings (SSSR count). The monoisotopic (exact) mass is 523 g/mol. The van der Waals surface area contributed by atoms with Crippen LogP contribution in [0.5, 0.6) is 0 Å². The van der Waals surface area contributed by atoms with Crippen LogP contribution in [0.2, 0.25) is 5.02 Å². The van der Waals surface area contributed by atoms with Crippen LogP contribution < -0.4 is 5.73 Å². The normalized spacial score (nSPS) is 39.4. The summed E-state index contributed by atoms with van der Waals surface area (Å²) in [6, 6.07) is 5.71. The Kier molecular flexibility index (Phi) is 5.71. The second-order valence-corrected chi connectivity index (χ2v) is 13.5. The van der Waals surface area contributed by atoms with Crippen LogP contribution in [0.4, 0.5) is 0 Å². The quantitative estimate of drug-likeness (QED) is 0.500. The van der Waals surface area contributed by atoms with Crippen LogP contribution in [0.1, 0.15) is 71.5 Å². The van der Waals surface area contributed by atoms with Gasteiger partial charge in [0, 0.05) is 16.4 Å². The summed E-state index contributed by atoms with van der Waals surface area (Å²) in [7, 11) is 2.14. The highest BCUT2D eigenvalue weighted by molar-refractivity contribution is 6.31. The Balaban J connectivity index is 1.33. The number of carbonyl (C=O) groups is 2. The average molecular weight is 524 g/mol. The number of benzene rings is 1. The van der Waals surface area contributed by atoms with Crippen molar-refractivity contribution in [2.24, 2.45) is 40.2 Å². The van der Waals surface area contributed by atoms with Gasteiger partial charge in [-0.2, -0.15) is 0 Å². The van der Waals surface area contributed by atoms with Crippen molar-refractivity contribution < 1.29 is 14.1 Å². The van der Waals surface area contributed by atoms with Crippen LogP contribution in [0.25, 0.3) is 11.0 Å². The lowest BCUT2D eigenvalue weighted by Crippen LogP contribution is -2.62. The third kappa shape index (κ3) is 3.58. The number of H-pyrrole nitrogens is 1. The molecule has 2 aromatic rings. The number of nitrogens with two attached hydrogens (primary N) is 1. The van der Waals surface area contributed by atoms with Crippen LogP contribution >= 0.6 is 11.6 Å². The van der Waals surface area contributed by atoms with E-state index in [1.807, 2.05) is 18.2 Å². The van der Waals surface area contributed by atoms with E-state index in [0.717, 1.165) is 55.4 Å². The summed E-state index contributed by atoms with van der Waals surface area (Å²) in [6.45, 7) is 7.75. The molecule has 7 atom stereocenters. The average Bonchev–Trinajstić information content (AvgIpc) is 3.40. The lowest BCUT2D eigenvalue weighted by Gasteiger charge is -2.59. The second-order valence-electron chi connectivity index (χ2n) is 13.1. The number of imidazole rings is 1. The zero-order chi connectivity index (χ0) is 26.3. The minimum absolute atomic E-state index is 0.00318. The molecule has 37 heavy (non-hydrogen) atoms. The molecule has 3 N–H and O–H groups in total. The third-order valence-corrected chi connectivity index (χ3v) is 11.5. The van der Waals surface area contributed by atoms with E-state index >= 15 is 0 Å². The van der Waals surface area contributed by atoms with Crippen LogP contribution in [-0.2, 0) is 16.0 Å². The van der Waals surface area contributed by atoms with Crippen molar-refractivity contribution in [3.63, 3.8) is 0 Å². The van der Waals surface area contributed by atoms with Gasteiger partial charge in [-0.25, -0.2) is 14.3 Å². The molecule has 0 radical (unpaired) electrons. The number of aromatic nitrogens is 2. The maximum atomic E-state index is 13.6. The highest BCUT2D eigenvalue weighted by atomic mass is 35.5. The highest BCUT2D eigenvalue weighted by Gasteiger charge is 2.64. The number of halogens is 1. The highest BCUT2D eigenvalue weighted by Crippen LogP contribution is 2.67. The molecule has 0 bridgehead atoms. The molecule has 1 unspecified atom stereocenters. The minimum Gasteiger partial charge on any atom is -0.369 e. The maximum Gasteiger partial charge on any atom is 0.318 e. The predicted octanol–water partition coefficient (Wildman–Crippen LogP) is 5.75. The van der Waals surface area contributed by atoms with Gasteiger partial charge in [-0.15, -0.1) is 0 Å². The number of primary amides is 1. The zero-order valence-electron chi connectivity index (χ0n) is 22.6. The Labute approximate surface area is 224 Å². The molecule has 1 aromatic carbocycles. The maximum absolute atomic E-state index is 13.6. The van der Waals surface area contributed by atoms with Gasteiger partial charge in [0.1, 0.15) is 11.5 Å². The van der Waals surface area contributed by atoms with Gasteiger partial charge >= 0.3 is 5.91 Å². The third-order valence-electron chi connectivity index (χ3n) is 11.3. The number of hydrogen-bond donors (Lipinski definition) is 2. The molecular formula is C30H40ClN4O2+. The standard InChI is InChI=1S/C30H39ClN4O2/c1-17-15-19-20-6-7-22(28(32)37)29(20,2)12-9-21(19)30(3)13-10-26(36)35(4,27(17)30)14-11-25-33-23-8-5-18(31)16-24(23)34-25/h5,8,16,19-22H,6-7,9-15H2,1-4H3,(H2-,32,33,34,37)/p+1/t19-,20-,21-,22+,29-,30+,35?/m0/s1. The van der Waals surface area contributed by atoms with E-state index in [-0.39, 0.29) is 22.7 Å². The summed E-state index contributed by atoms with van der Waals surface area (Å²) in [6.07, 6.45) is 7.50. The molecule has 2 saturated carbocycles. The number of likely N-dealkylation sites (tertiary alicyclic amines) is 1. The minimum atomic E-state index is -0.112. The Bertz CT molecular complexity index is 1330. The molecule has 2 heterocycles. The lowest BCUT2D eigenvalue weighted by molar-refractivity contribution is -0.808. The van der Waals surface area contributed by atoms with E-state index in [9.17, 15) is 9.59 Å². The Morgan fingerprint density at radius 2 is 2.00 bits per heavy atom. The first-order valence-electron chi connectivity index (χ1n) is 14.0. The van der Waals surface area contributed by atoms with Crippen molar-refractivity contribution in [1.29, 1.82) is 0 Å². The molecule has 3 fully saturated rings. The number of carbonyl (C=O) groups excluding carboxylic acids is 2. The Morgan fingerprint density at radius 1 is 1.22 bits per heavy atom. The van der Waals surface area contributed by atoms with Crippen molar-refractivity contribution in [2.75, 3.05) is 13.6 Å². The van der Waals surface area contributed by atoms with Gasteiger partial charge in [0.15, 0.2) is 0 Å². The zero-order valence-corrected chi connectivity index (χ0v) is 23.3. The molecule has 3 aliphatic carbocycles. The van der Waals surface area contributed by atoms with Gasteiger partial charge in [0.25, 0.3) is 0 Å². The first-order valence-corrected chi connectivity index (χ1v) is 14.4. The van der Waals surface area contributed by atoms with Crippen molar-refractivity contribution in [3.8, 4) is 0 Å². The van der Waals surface area contributed by atoms with E-state index in [1.165, 1.54) is 11.3 Å². The first-order chi connectivity index (χ1) is 17.5. The number of hydrogen-bond acceptors (Lipinski definition) is 3. The summed E-state index contributed by atoms with van der Waals surface area (Å²) < 4.78 is 0.384. The SMILES string of the molecule is CC1=C2[C@](C)(CCC(=O)[N+]2(C)CCc2nc3ccc(Cl)cc3[nH]2)[C@H]2CC[C@]3(C)[C@@H](C(N)=O)CC[C@H]3[C@@H]2C1. The lowest BCUT2D eigenvalue weighted by atomic mass is 9.48. The number of nitrogens with one attached hydrogen (secondary N) is 1. The molecule has 1 aliphatic heterocycles. The molecular weight excluding hydrogens is 484 g/mol. The number of rotatable bonds is 4. The molecule has 6 nitrogen and oxygen atoms in total. The summed E-state index contributed by atoms with van der Waals surface area (Å²) >= 11 is 6.17. The fourth-order valence-corrected chi connectivity index (χ4v) is 9.86. The number of allylic oxidation sites excluding steroid dienone is 2. The summed E-state index contributed by atoms with van der Waals surface area (Å²) in [4.78, 5) is 34.2. The van der Waals surface area contributed by atoms with Crippen LogP contribution in [0.3, 0.4) is 0 Å². The van der Waals surface area contributed by atoms with Crippen molar-refractivity contribution >= 4 is 34.4 Å². The summed E-state index contributed by atoms with van der Waals surface area (Å²) in [5.41, 5.74) is 10.5. The molecule has 1 saturated heterocycles. The van der Waals surface area contributed by atoms with E-state index in [2.05, 4.69) is 32.8 Å². The van der Waals surface area contributed by atoms with E-state index in [1.54, 1.807) is 0 Å². The number of amides is 2. The molecule has 1 aromatic heterocycles. The fourth-order valence-electron chi connectivity index (χ4n) is 9.69. The number of quaternary nitrogens is 1. The number of fused-ring (bicyclic) bond motifs is 6. The van der Waals surface area contributed by atoms with E-state index in [4.69, 9.17) is 22.3 Å². The van der Waals surface area contributed by atoms with Crippen LogP contribution in [0, 0.1) is 34.5 Å². The smallest absolute Gasteiger partial charge is 0.318 e. The fraction of sp³-hybridized carbons (Fsp3) is 0.633. The molecule has 0 spiro atoms. The molecule has 7 heteroatoms.